The number of hydrogen-bond acceptors (Lipinski definition) is 2. The number of hydrogen-bond donors (Lipinski definition) is 0. The second kappa shape index (κ2) is 7.80. The summed E-state index contributed by atoms with van der Waals surface area (Å²) in [6.07, 6.45) is -0.344. The van der Waals surface area contributed by atoms with Gasteiger partial charge in [-0.3, -0.25) is 0 Å². The molecular weight excluding hydrogens is 287 g/mol. The predicted octanol–water partition coefficient (Wildman–Crippen LogP) is 3.70. The lowest BCUT2D eigenvalue weighted by Gasteiger charge is -2.21. The standard InChI is InChI=1S/C13H18BrFO2/c1-3-16-9-10(2)17-13(8-14)11-6-4-5-7-12(11)15/h4-7,10,13H,3,8-9H2,1-2H3. The minimum absolute atomic E-state index is 0.0582. The quantitative estimate of drug-likeness (QED) is 0.715. The molecule has 2 atom stereocenters. The molecule has 17 heavy (non-hydrogen) atoms. The van der Waals surface area contributed by atoms with Gasteiger partial charge in [0.25, 0.3) is 0 Å². The Kier molecular flexibility index (Phi) is 6.70. The molecule has 0 spiro atoms. The number of ether oxygens (including phenoxy) is 2. The van der Waals surface area contributed by atoms with Crippen LogP contribution < -0.4 is 0 Å². The summed E-state index contributed by atoms with van der Waals surface area (Å²) in [5.74, 6) is -0.236. The van der Waals surface area contributed by atoms with E-state index in [1.54, 1.807) is 12.1 Å². The minimum Gasteiger partial charge on any atom is -0.379 e. The van der Waals surface area contributed by atoms with E-state index < -0.39 is 0 Å². The summed E-state index contributed by atoms with van der Waals surface area (Å²) in [6.45, 7) is 5.04. The summed E-state index contributed by atoms with van der Waals surface area (Å²) in [6, 6.07) is 6.68. The molecule has 0 bridgehead atoms. The molecule has 1 aromatic rings. The fourth-order valence-corrected chi connectivity index (χ4v) is 2.03. The fraction of sp³-hybridized carbons (Fsp3) is 0.538. The number of benzene rings is 1. The van der Waals surface area contributed by atoms with Crippen LogP contribution in [0.4, 0.5) is 4.39 Å². The molecule has 2 nitrogen and oxygen atoms in total. The van der Waals surface area contributed by atoms with Crippen molar-refractivity contribution in [1.29, 1.82) is 0 Å². The van der Waals surface area contributed by atoms with Gasteiger partial charge in [-0.15, -0.1) is 0 Å². The van der Waals surface area contributed by atoms with Crippen molar-refractivity contribution >= 4 is 15.9 Å². The topological polar surface area (TPSA) is 18.5 Å². The molecule has 0 saturated heterocycles. The third kappa shape index (κ3) is 4.74. The van der Waals surface area contributed by atoms with E-state index in [-0.39, 0.29) is 18.0 Å². The lowest BCUT2D eigenvalue weighted by molar-refractivity contribution is -0.0394. The van der Waals surface area contributed by atoms with Gasteiger partial charge in [-0.1, -0.05) is 34.1 Å². The van der Waals surface area contributed by atoms with Gasteiger partial charge in [0.1, 0.15) is 5.82 Å². The Labute approximate surface area is 110 Å². The normalized spacial score (nSPS) is 14.6. The van der Waals surface area contributed by atoms with Crippen molar-refractivity contribution in [3.63, 3.8) is 0 Å². The summed E-state index contributed by atoms with van der Waals surface area (Å²) < 4.78 is 24.6. The first-order valence-electron chi connectivity index (χ1n) is 5.72. The van der Waals surface area contributed by atoms with Crippen LogP contribution in [0, 0.1) is 5.82 Å². The molecule has 0 aliphatic carbocycles. The van der Waals surface area contributed by atoms with Crippen LogP contribution in [0.3, 0.4) is 0 Å². The maximum absolute atomic E-state index is 13.6. The number of alkyl halides is 1. The van der Waals surface area contributed by atoms with Crippen molar-refractivity contribution in [3.05, 3.63) is 35.6 Å². The van der Waals surface area contributed by atoms with Crippen LogP contribution in [0.1, 0.15) is 25.5 Å². The highest BCUT2D eigenvalue weighted by atomic mass is 79.9. The summed E-state index contributed by atoms with van der Waals surface area (Å²) in [7, 11) is 0. The third-order valence-corrected chi connectivity index (χ3v) is 2.93. The molecule has 0 radical (unpaired) electrons. The summed E-state index contributed by atoms with van der Waals surface area (Å²) in [4.78, 5) is 0. The lowest BCUT2D eigenvalue weighted by Crippen LogP contribution is -2.20. The SMILES string of the molecule is CCOCC(C)OC(CBr)c1ccccc1F. The van der Waals surface area contributed by atoms with Gasteiger partial charge in [-0.05, 0) is 19.9 Å². The van der Waals surface area contributed by atoms with Crippen LogP contribution in [0.5, 0.6) is 0 Å². The van der Waals surface area contributed by atoms with E-state index in [0.29, 0.717) is 24.1 Å². The average molecular weight is 305 g/mol. The van der Waals surface area contributed by atoms with E-state index in [1.807, 2.05) is 19.9 Å². The number of rotatable bonds is 7. The van der Waals surface area contributed by atoms with Gasteiger partial charge in [-0.2, -0.15) is 0 Å². The van der Waals surface area contributed by atoms with Crippen molar-refractivity contribution in [2.24, 2.45) is 0 Å². The largest absolute Gasteiger partial charge is 0.379 e. The van der Waals surface area contributed by atoms with Crippen molar-refractivity contribution < 1.29 is 13.9 Å². The first kappa shape index (κ1) is 14.6. The lowest BCUT2D eigenvalue weighted by atomic mass is 10.1. The van der Waals surface area contributed by atoms with Crippen LogP contribution in [0.15, 0.2) is 24.3 Å². The van der Waals surface area contributed by atoms with Crippen molar-refractivity contribution in [3.8, 4) is 0 Å². The molecule has 4 heteroatoms. The second-order valence-electron chi connectivity index (χ2n) is 3.77. The van der Waals surface area contributed by atoms with Crippen LogP contribution >= 0.6 is 15.9 Å². The first-order valence-corrected chi connectivity index (χ1v) is 6.84. The maximum atomic E-state index is 13.6. The monoisotopic (exact) mass is 304 g/mol. The second-order valence-corrected chi connectivity index (χ2v) is 4.42. The molecule has 0 heterocycles. The van der Waals surface area contributed by atoms with E-state index >= 15 is 0 Å². The third-order valence-electron chi connectivity index (χ3n) is 2.35. The Bertz CT molecular complexity index is 333. The van der Waals surface area contributed by atoms with Crippen LogP contribution in [0.2, 0.25) is 0 Å². The molecule has 0 N–H and O–H groups in total. The van der Waals surface area contributed by atoms with Gasteiger partial charge in [0.2, 0.25) is 0 Å². The highest BCUT2D eigenvalue weighted by Crippen LogP contribution is 2.24. The van der Waals surface area contributed by atoms with Crippen LogP contribution in [0.25, 0.3) is 0 Å². The first-order chi connectivity index (χ1) is 8.19. The maximum Gasteiger partial charge on any atom is 0.129 e. The highest BCUT2D eigenvalue weighted by Gasteiger charge is 2.17. The van der Waals surface area contributed by atoms with Crippen LogP contribution in [-0.2, 0) is 9.47 Å². The Morgan fingerprint density at radius 1 is 1.35 bits per heavy atom. The molecule has 0 saturated carbocycles. The van der Waals surface area contributed by atoms with Gasteiger partial charge >= 0.3 is 0 Å². The Balaban J connectivity index is 2.62. The molecular formula is C13H18BrFO2. The average Bonchev–Trinajstić information content (AvgIpc) is 2.34. The van der Waals surface area contributed by atoms with Gasteiger partial charge in [0, 0.05) is 17.5 Å². The summed E-state index contributed by atoms with van der Waals surface area (Å²) in [5, 5.41) is 0.560. The molecule has 1 aromatic carbocycles. The zero-order valence-electron chi connectivity index (χ0n) is 10.2. The van der Waals surface area contributed by atoms with Gasteiger partial charge < -0.3 is 9.47 Å². The summed E-state index contributed by atoms with van der Waals surface area (Å²) in [5.41, 5.74) is 0.577. The molecule has 0 aliphatic heterocycles. The van der Waals surface area contributed by atoms with Crippen molar-refractivity contribution in [2.45, 2.75) is 26.1 Å². The van der Waals surface area contributed by atoms with Crippen molar-refractivity contribution in [1.82, 2.24) is 0 Å². The highest BCUT2D eigenvalue weighted by molar-refractivity contribution is 9.09. The van der Waals surface area contributed by atoms with Crippen LogP contribution in [-0.4, -0.2) is 24.6 Å². The number of halogens is 2. The van der Waals surface area contributed by atoms with Gasteiger partial charge in [0.05, 0.1) is 18.8 Å². The molecule has 0 aromatic heterocycles. The van der Waals surface area contributed by atoms with E-state index in [9.17, 15) is 4.39 Å². The Morgan fingerprint density at radius 2 is 2.06 bits per heavy atom. The molecule has 96 valence electrons. The van der Waals surface area contributed by atoms with E-state index in [1.165, 1.54) is 6.07 Å². The fourth-order valence-electron chi connectivity index (χ4n) is 1.53. The van der Waals surface area contributed by atoms with Crippen molar-refractivity contribution in [2.75, 3.05) is 18.5 Å². The zero-order valence-corrected chi connectivity index (χ0v) is 11.7. The summed E-state index contributed by atoms with van der Waals surface area (Å²) >= 11 is 3.35. The minimum atomic E-state index is -0.286. The molecule has 0 aliphatic rings. The van der Waals surface area contributed by atoms with Gasteiger partial charge in [-0.25, -0.2) is 4.39 Å². The smallest absolute Gasteiger partial charge is 0.129 e. The predicted molar refractivity (Wildman–Crippen MR) is 70.0 cm³/mol. The molecule has 1 rings (SSSR count). The van der Waals surface area contributed by atoms with E-state index in [4.69, 9.17) is 9.47 Å². The Hall–Kier alpha value is -0.450. The van der Waals surface area contributed by atoms with E-state index in [2.05, 4.69) is 15.9 Å². The molecule has 2 unspecified atom stereocenters. The van der Waals surface area contributed by atoms with E-state index in [0.717, 1.165) is 0 Å². The Morgan fingerprint density at radius 3 is 2.65 bits per heavy atom. The van der Waals surface area contributed by atoms with Gasteiger partial charge in [0.15, 0.2) is 0 Å². The molecule has 0 amide bonds. The zero-order chi connectivity index (χ0) is 12.7. The molecule has 0 fully saturated rings.